The van der Waals surface area contributed by atoms with Gasteiger partial charge in [-0.05, 0) is 0 Å². The van der Waals surface area contributed by atoms with Crippen LogP contribution in [0.25, 0.3) is 0 Å². The molecule has 0 aliphatic heterocycles. The molecule has 0 unspecified atom stereocenters. The molecule has 0 N–H and O–H groups in total. The molecule has 0 saturated carbocycles. The van der Waals surface area contributed by atoms with Gasteiger partial charge < -0.3 is 0 Å². The van der Waals surface area contributed by atoms with Gasteiger partial charge in [-0.25, -0.2) is 0 Å². The van der Waals surface area contributed by atoms with Crippen LogP contribution in [0.2, 0.25) is 13.3 Å². The van der Waals surface area contributed by atoms with E-state index >= 15 is 0 Å². The van der Waals surface area contributed by atoms with Gasteiger partial charge in [0.25, 0.3) is 0 Å². The molecule has 1 heteroatoms. The Morgan fingerprint density at radius 2 is 1.05 bits per heavy atom. The van der Waals surface area contributed by atoms with E-state index in [4.69, 9.17) is 0 Å². The summed E-state index contributed by atoms with van der Waals surface area (Å²) in [6.45, 7) is 14.1. The Kier molecular flexibility index (Phi) is 14.5. The zero-order valence-electron chi connectivity index (χ0n) is 15.6. The van der Waals surface area contributed by atoms with Crippen LogP contribution in [0, 0.1) is 0 Å². The van der Waals surface area contributed by atoms with Crippen molar-refractivity contribution >= 4 is 18.4 Å². The third kappa shape index (κ3) is 9.31. The molecule has 0 rings (SSSR count). The minimum absolute atomic E-state index is 1.35. The Balaban J connectivity index is 4.70. The van der Waals surface area contributed by atoms with Crippen LogP contribution in [-0.4, -0.2) is 18.4 Å². The summed E-state index contributed by atoms with van der Waals surface area (Å²) < 4.78 is 6.59. The third-order valence-corrected chi connectivity index (χ3v) is 21.3. The van der Waals surface area contributed by atoms with Gasteiger partial charge in [0.05, 0.1) is 0 Å². The van der Waals surface area contributed by atoms with Gasteiger partial charge in [-0.1, -0.05) is 0 Å². The molecule has 21 heavy (non-hydrogen) atoms. The van der Waals surface area contributed by atoms with E-state index in [-0.39, 0.29) is 0 Å². The molecule has 0 heterocycles. The second-order valence-electron chi connectivity index (χ2n) is 7.01. The van der Waals surface area contributed by atoms with E-state index < -0.39 is 18.4 Å². The van der Waals surface area contributed by atoms with E-state index in [0.717, 1.165) is 0 Å². The SMILES string of the molecule is C=[C](CCCCCC)[Sn]([CH2]CCC)([CH2]CCC)[CH2]CCC. The van der Waals surface area contributed by atoms with Crippen molar-refractivity contribution in [1.82, 2.24) is 0 Å². The van der Waals surface area contributed by atoms with Gasteiger partial charge in [-0.3, -0.25) is 0 Å². The fourth-order valence-electron chi connectivity index (χ4n) is 3.48. The Bertz CT molecular complexity index is 222. The Hall–Kier alpha value is 0.539. The average molecular weight is 401 g/mol. The van der Waals surface area contributed by atoms with Crippen LogP contribution in [0.3, 0.4) is 0 Å². The van der Waals surface area contributed by atoms with Crippen molar-refractivity contribution in [1.29, 1.82) is 0 Å². The fraction of sp³-hybridized carbons (Fsp3) is 0.900. The molecule has 0 nitrogen and oxygen atoms in total. The third-order valence-electron chi connectivity index (χ3n) is 5.11. The number of hydrogen-bond acceptors (Lipinski definition) is 0. The van der Waals surface area contributed by atoms with E-state index in [1.807, 2.05) is 0 Å². The van der Waals surface area contributed by atoms with Crippen molar-refractivity contribution in [2.45, 2.75) is 112 Å². The fourth-order valence-corrected chi connectivity index (χ4v) is 19.5. The van der Waals surface area contributed by atoms with E-state index in [0.29, 0.717) is 0 Å². The van der Waals surface area contributed by atoms with Gasteiger partial charge in [0.2, 0.25) is 0 Å². The van der Waals surface area contributed by atoms with Gasteiger partial charge in [-0.2, -0.15) is 0 Å². The summed E-state index contributed by atoms with van der Waals surface area (Å²) in [5.74, 6) is 0. The van der Waals surface area contributed by atoms with Gasteiger partial charge >= 0.3 is 140 Å². The molecule has 0 amide bonds. The molecule has 0 radical (unpaired) electrons. The van der Waals surface area contributed by atoms with Crippen LogP contribution >= 0.6 is 0 Å². The quantitative estimate of drug-likeness (QED) is 0.193. The first-order chi connectivity index (χ1) is 10.2. The molecule has 0 aromatic rings. The summed E-state index contributed by atoms with van der Waals surface area (Å²) in [6, 6.07) is 0. The zero-order chi connectivity index (χ0) is 16.0. The summed E-state index contributed by atoms with van der Waals surface area (Å²) in [6.07, 6.45) is 15.5. The molecule has 0 fully saturated rings. The minimum atomic E-state index is -2.08. The summed E-state index contributed by atoms with van der Waals surface area (Å²) in [5.41, 5.74) is 0. The molecule has 0 saturated heterocycles. The average Bonchev–Trinajstić information content (AvgIpc) is 2.51. The molecule has 0 bridgehead atoms. The van der Waals surface area contributed by atoms with Crippen molar-refractivity contribution in [3.8, 4) is 0 Å². The number of rotatable bonds is 15. The molecular formula is C20H42Sn. The molecular weight excluding hydrogens is 359 g/mol. The molecule has 0 aromatic carbocycles. The maximum atomic E-state index is 4.68. The monoisotopic (exact) mass is 402 g/mol. The summed E-state index contributed by atoms with van der Waals surface area (Å²) in [5, 5.41) is 0. The van der Waals surface area contributed by atoms with Gasteiger partial charge in [-0.15, -0.1) is 0 Å². The molecule has 0 spiro atoms. The van der Waals surface area contributed by atoms with Crippen LogP contribution in [0.5, 0.6) is 0 Å². The molecule has 0 atom stereocenters. The Morgan fingerprint density at radius 1 is 0.619 bits per heavy atom. The van der Waals surface area contributed by atoms with E-state index in [1.54, 1.807) is 16.9 Å². The van der Waals surface area contributed by atoms with E-state index in [1.165, 1.54) is 70.6 Å². The van der Waals surface area contributed by atoms with Gasteiger partial charge in [0.1, 0.15) is 0 Å². The van der Waals surface area contributed by atoms with Crippen LogP contribution in [0.15, 0.2) is 10.2 Å². The van der Waals surface area contributed by atoms with Crippen molar-refractivity contribution in [2.75, 3.05) is 0 Å². The summed E-state index contributed by atoms with van der Waals surface area (Å²) in [7, 11) is 0. The zero-order valence-corrected chi connectivity index (χ0v) is 18.5. The Labute approximate surface area is 140 Å². The van der Waals surface area contributed by atoms with Gasteiger partial charge in [0, 0.05) is 0 Å². The number of unbranched alkanes of at least 4 members (excludes halogenated alkanes) is 6. The van der Waals surface area contributed by atoms with Gasteiger partial charge in [0.15, 0.2) is 0 Å². The number of hydrogen-bond donors (Lipinski definition) is 0. The first-order valence-corrected chi connectivity index (χ1v) is 17.3. The molecule has 0 aliphatic rings. The first-order valence-electron chi connectivity index (χ1n) is 9.85. The van der Waals surface area contributed by atoms with Crippen LogP contribution in [0.1, 0.15) is 98.3 Å². The van der Waals surface area contributed by atoms with Crippen molar-refractivity contribution in [2.24, 2.45) is 0 Å². The van der Waals surface area contributed by atoms with Crippen LogP contribution in [-0.2, 0) is 0 Å². The molecule has 0 aromatic heterocycles. The van der Waals surface area contributed by atoms with E-state index in [2.05, 4.69) is 34.3 Å². The second kappa shape index (κ2) is 14.2. The van der Waals surface area contributed by atoms with E-state index in [9.17, 15) is 0 Å². The van der Waals surface area contributed by atoms with Crippen molar-refractivity contribution in [3.05, 3.63) is 10.2 Å². The summed E-state index contributed by atoms with van der Waals surface area (Å²) >= 11 is -2.08. The van der Waals surface area contributed by atoms with Crippen LogP contribution < -0.4 is 0 Å². The molecule has 126 valence electrons. The maximum absolute atomic E-state index is 4.68. The topological polar surface area (TPSA) is 0 Å². The van der Waals surface area contributed by atoms with Crippen molar-refractivity contribution < 1.29 is 0 Å². The second-order valence-corrected chi connectivity index (χ2v) is 20.6. The predicted octanol–water partition coefficient (Wildman–Crippen LogP) is 7.90. The predicted molar refractivity (Wildman–Crippen MR) is 103 cm³/mol. The summed E-state index contributed by atoms with van der Waals surface area (Å²) in [4.78, 5) is 0. The standard InChI is InChI=1S/C8H15.3C4H9.Sn/c1-3-5-7-8-6-4-2;3*1-3-4-2;/h1,4-8H2,2H3;3*1,3-4H2,2H3;. The van der Waals surface area contributed by atoms with Crippen molar-refractivity contribution in [3.63, 3.8) is 0 Å². The molecule has 0 aliphatic carbocycles. The number of allylic oxidation sites excluding steroid dienone is 1. The normalized spacial score (nSPS) is 11.8. The Morgan fingerprint density at radius 3 is 1.43 bits per heavy atom. The van der Waals surface area contributed by atoms with Crippen LogP contribution in [0.4, 0.5) is 0 Å². The first kappa shape index (κ1) is 21.5.